The van der Waals surface area contributed by atoms with E-state index in [9.17, 15) is 10.1 Å². The number of para-hydroxylation sites is 1. The molecule has 0 saturated carbocycles. The Balaban J connectivity index is 2.29. The van der Waals surface area contributed by atoms with Gasteiger partial charge in [-0.3, -0.25) is 4.79 Å². The fourth-order valence-electron chi connectivity index (χ4n) is 2.60. The van der Waals surface area contributed by atoms with E-state index < -0.39 is 5.91 Å². The first-order valence-corrected chi connectivity index (χ1v) is 8.30. The van der Waals surface area contributed by atoms with E-state index in [1.165, 1.54) is 0 Å². The molecule has 0 heterocycles. The van der Waals surface area contributed by atoms with Gasteiger partial charge >= 0.3 is 0 Å². The van der Waals surface area contributed by atoms with E-state index in [1.54, 1.807) is 37.5 Å². The summed E-state index contributed by atoms with van der Waals surface area (Å²) in [7, 11) is 1.59. The summed E-state index contributed by atoms with van der Waals surface area (Å²) in [5, 5.41) is 12.3. The van der Waals surface area contributed by atoms with Gasteiger partial charge in [0, 0.05) is 5.69 Å². The zero-order valence-corrected chi connectivity index (χ0v) is 14.8. The number of nitrogens with zero attached hydrogens (tertiary/aromatic N) is 1. The summed E-state index contributed by atoms with van der Waals surface area (Å²) in [4.78, 5) is 12.6. The van der Waals surface area contributed by atoms with Gasteiger partial charge < -0.3 is 10.1 Å². The van der Waals surface area contributed by atoms with Crippen molar-refractivity contribution in [3.8, 4) is 11.8 Å². The Kier molecular flexibility index (Phi) is 6.36. The van der Waals surface area contributed by atoms with E-state index in [1.807, 2.05) is 38.1 Å². The van der Waals surface area contributed by atoms with Crippen LogP contribution in [0.2, 0.25) is 0 Å². The lowest BCUT2D eigenvalue weighted by Gasteiger charge is -2.14. The second kappa shape index (κ2) is 8.70. The van der Waals surface area contributed by atoms with Crippen LogP contribution in [0.4, 0.5) is 5.69 Å². The molecule has 2 aromatic carbocycles. The molecule has 4 heteroatoms. The number of nitrogens with one attached hydrogen (secondary N) is 1. The highest BCUT2D eigenvalue weighted by molar-refractivity contribution is 6.10. The highest BCUT2D eigenvalue weighted by Gasteiger charge is 2.14. The number of carbonyl (C=O) groups excluding carboxylic acids is 1. The van der Waals surface area contributed by atoms with E-state index in [4.69, 9.17) is 4.74 Å². The van der Waals surface area contributed by atoms with Crippen LogP contribution in [0.1, 0.15) is 30.5 Å². The molecule has 4 nitrogen and oxygen atoms in total. The van der Waals surface area contributed by atoms with Crippen LogP contribution in [0.25, 0.3) is 6.08 Å². The SMILES string of the molecule is CCc1cccc(CC)c1NC(=O)/C(C#N)=C/c1ccc(OC)cc1. The number of nitriles is 1. The molecule has 2 rings (SSSR count). The molecule has 2 aromatic rings. The maximum absolute atomic E-state index is 12.6. The molecule has 0 fully saturated rings. The smallest absolute Gasteiger partial charge is 0.266 e. The quantitative estimate of drug-likeness (QED) is 0.630. The molecule has 0 aliphatic rings. The first-order chi connectivity index (χ1) is 12.1. The molecule has 0 aliphatic carbocycles. The summed E-state index contributed by atoms with van der Waals surface area (Å²) in [6.45, 7) is 4.09. The molecule has 1 amide bonds. The lowest BCUT2D eigenvalue weighted by atomic mass is 10.0. The van der Waals surface area contributed by atoms with Crippen LogP contribution in [-0.2, 0) is 17.6 Å². The summed E-state index contributed by atoms with van der Waals surface area (Å²) in [6, 6.07) is 15.2. The van der Waals surface area contributed by atoms with E-state index >= 15 is 0 Å². The van der Waals surface area contributed by atoms with Gasteiger partial charge in [-0.25, -0.2) is 0 Å². The standard InChI is InChI=1S/C21H22N2O2/c1-4-16-7-6-8-17(5-2)20(16)23-21(24)18(14-22)13-15-9-11-19(25-3)12-10-15/h6-13H,4-5H2,1-3H3,(H,23,24)/b18-13+. The molecule has 25 heavy (non-hydrogen) atoms. The maximum Gasteiger partial charge on any atom is 0.266 e. The lowest BCUT2D eigenvalue weighted by Crippen LogP contribution is -2.16. The third kappa shape index (κ3) is 4.48. The number of rotatable bonds is 6. The summed E-state index contributed by atoms with van der Waals surface area (Å²) in [5.74, 6) is 0.332. The van der Waals surface area contributed by atoms with E-state index in [2.05, 4.69) is 5.32 Å². The topological polar surface area (TPSA) is 62.1 Å². The van der Waals surface area contributed by atoms with Crippen molar-refractivity contribution in [3.63, 3.8) is 0 Å². The molecule has 1 N–H and O–H groups in total. The highest BCUT2D eigenvalue weighted by atomic mass is 16.5. The van der Waals surface area contributed by atoms with Crippen LogP contribution in [-0.4, -0.2) is 13.0 Å². The second-order valence-electron chi connectivity index (χ2n) is 5.56. The maximum atomic E-state index is 12.6. The Morgan fingerprint density at radius 3 is 2.20 bits per heavy atom. The Morgan fingerprint density at radius 2 is 1.72 bits per heavy atom. The van der Waals surface area contributed by atoms with Crippen LogP contribution in [0.15, 0.2) is 48.0 Å². The van der Waals surface area contributed by atoms with Gasteiger partial charge in [0.05, 0.1) is 7.11 Å². The Morgan fingerprint density at radius 1 is 1.12 bits per heavy atom. The fourth-order valence-corrected chi connectivity index (χ4v) is 2.60. The Hall–Kier alpha value is -3.06. The second-order valence-corrected chi connectivity index (χ2v) is 5.56. The first kappa shape index (κ1) is 18.3. The number of methoxy groups -OCH3 is 1. The van der Waals surface area contributed by atoms with Gasteiger partial charge in [0.25, 0.3) is 5.91 Å². The van der Waals surface area contributed by atoms with Crippen molar-refractivity contribution in [1.82, 2.24) is 0 Å². The summed E-state index contributed by atoms with van der Waals surface area (Å²) < 4.78 is 5.11. The van der Waals surface area contributed by atoms with Crippen molar-refractivity contribution >= 4 is 17.7 Å². The molecule has 0 bridgehead atoms. The van der Waals surface area contributed by atoms with Gasteiger partial charge in [-0.15, -0.1) is 0 Å². The molecular weight excluding hydrogens is 312 g/mol. The van der Waals surface area contributed by atoms with Gasteiger partial charge in [0.15, 0.2) is 0 Å². The predicted octanol–water partition coefficient (Wildman–Crippen LogP) is 4.37. The van der Waals surface area contributed by atoms with Gasteiger partial charge in [0.1, 0.15) is 17.4 Å². The predicted molar refractivity (Wildman–Crippen MR) is 100 cm³/mol. The van der Waals surface area contributed by atoms with Crippen molar-refractivity contribution in [2.75, 3.05) is 12.4 Å². The zero-order valence-electron chi connectivity index (χ0n) is 14.8. The molecule has 0 spiro atoms. The fraction of sp³-hybridized carbons (Fsp3) is 0.238. The summed E-state index contributed by atoms with van der Waals surface area (Å²) >= 11 is 0. The zero-order chi connectivity index (χ0) is 18.2. The van der Waals surface area contributed by atoms with E-state index in [-0.39, 0.29) is 5.57 Å². The third-order valence-electron chi connectivity index (χ3n) is 4.03. The van der Waals surface area contributed by atoms with Crippen molar-refractivity contribution < 1.29 is 9.53 Å². The average Bonchev–Trinajstić information content (AvgIpc) is 2.66. The molecule has 0 aromatic heterocycles. The highest BCUT2D eigenvalue weighted by Crippen LogP contribution is 2.23. The molecule has 0 unspecified atom stereocenters. The number of benzene rings is 2. The average molecular weight is 334 g/mol. The van der Waals surface area contributed by atoms with Crippen LogP contribution in [0.5, 0.6) is 5.75 Å². The van der Waals surface area contributed by atoms with Crippen LogP contribution in [0.3, 0.4) is 0 Å². The monoisotopic (exact) mass is 334 g/mol. The Bertz CT molecular complexity index is 793. The molecule has 0 aliphatic heterocycles. The molecule has 0 atom stereocenters. The van der Waals surface area contributed by atoms with Crippen LogP contribution < -0.4 is 10.1 Å². The van der Waals surface area contributed by atoms with Gasteiger partial charge in [-0.1, -0.05) is 44.2 Å². The number of ether oxygens (including phenoxy) is 1. The minimum Gasteiger partial charge on any atom is -0.497 e. The van der Waals surface area contributed by atoms with Gasteiger partial charge in [-0.2, -0.15) is 5.26 Å². The van der Waals surface area contributed by atoms with E-state index in [0.717, 1.165) is 41.0 Å². The number of carbonyl (C=O) groups is 1. The minimum absolute atomic E-state index is 0.0677. The van der Waals surface area contributed by atoms with Crippen LogP contribution >= 0.6 is 0 Å². The van der Waals surface area contributed by atoms with Crippen LogP contribution in [0, 0.1) is 11.3 Å². The number of amides is 1. The van der Waals surface area contributed by atoms with Crippen molar-refractivity contribution in [1.29, 1.82) is 5.26 Å². The number of anilines is 1. The normalized spacial score (nSPS) is 10.9. The first-order valence-electron chi connectivity index (χ1n) is 8.30. The van der Waals surface area contributed by atoms with E-state index in [0.29, 0.717) is 0 Å². The summed E-state index contributed by atoms with van der Waals surface area (Å²) in [6.07, 6.45) is 3.20. The van der Waals surface area contributed by atoms with Crippen molar-refractivity contribution in [3.05, 3.63) is 64.7 Å². The number of hydrogen-bond donors (Lipinski definition) is 1. The molecule has 0 radical (unpaired) electrons. The Labute approximate surface area is 148 Å². The van der Waals surface area contributed by atoms with Crippen molar-refractivity contribution in [2.24, 2.45) is 0 Å². The largest absolute Gasteiger partial charge is 0.497 e. The number of hydrogen-bond acceptors (Lipinski definition) is 3. The molecule has 128 valence electrons. The minimum atomic E-state index is -0.395. The van der Waals surface area contributed by atoms with Gasteiger partial charge in [-0.05, 0) is 47.7 Å². The third-order valence-corrected chi connectivity index (χ3v) is 4.03. The van der Waals surface area contributed by atoms with Crippen molar-refractivity contribution in [2.45, 2.75) is 26.7 Å². The molecule has 0 saturated heterocycles. The molecular formula is C21H22N2O2. The lowest BCUT2D eigenvalue weighted by molar-refractivity contribution is -0.112. The summed E-state index contributed by atoms with van der Waals surface area (Å²) in [5.41, 5.74) is 3.78. The number of aryl methyl sites for hydroxylation is 2. The van der Waals surface area contributed by atoms with Gasteiger partial charge in [0.2, 0.25) is 0 Å².